The second-order valence-corrected chi connectivity index (χ2v) is 8.63. The number of hydrogen-bond acceptors (Lipinski definition) is 5. The molecule has 4 heterocycles. The summed E-state index contributed by atoms with van der Waals surface area (Å²) in [6.07, 6.45) is 5.79. The van der Waals surface area contributed by atoms with Gasteiger partial charge in [-0.1, -0.05) is 12.1 Å². The van der Waals surface area contributed by atoms with Crippen molar-refractivity contribution in [2.24, 2.45) is 7.05 Å². The zero-order valence-electron chi connectivity index (χ0n) is 18.7. The summed E-state index contributed by atoms with van der Waals surface area (Å²) in [5.74, 6) is 0.817. The van der Waals surface area contributed by atoms with Gasteiger partial charge in [0.1, 0.15) is 11.6 Å². The molecule has 3 aromatic rings. The Balaban J connectivity index is 1.41. The Labute approximate surface area is 191 Å². The van der Waals surface area contributed by atoms with Crippen LogP contribution in [-0.4, -0.2) is 49.6 Å². The number of benzene rings is 1. The molecule has 1 aromatic carbocycles. The van der Waals surface area contributed by atoms with E-state index in [1.165, 1.54) is 12.1 Å². The van der Waals surface area contributed by atoms with Gasteiger partial charge in [0.25, 0.3) is 5.91 Å². The van der Waals surface area contributed by atoms with E-state index < -0.39 is 0 Å². The molecule has 1 atom stereocenters. The van der Waals surface area contributed by atoms with Crippen molar-refractivity contribution < 1.29 is 14.0 Å². The summed E-state index contributed by atoms with van der Waals surface area (Å²) in [5.41, 5.74) is 3.10. The van der Waals surface area contributed by atoms with Gasteiger partial charge in [-0.25, -0.2) is 14.4 Å². The van der Waals surface area contributed by atoms with Gasteiger partial charge < -0.3 is 4.90 Å². The highest BCUT2D eigenvalue weighted by Gasteiger charge is 2.36. The maximum Gasteiger partial charge on any atom is 0.257 e. The average molecular weight is 449 g/mol. The standard InChI is InChI=1S/C24H25FN6O2/c1-15-19-12-21(32)31(11-9-16-5-7-18(25)8-6-16)23(19)28-22(27-15)20-4-3-10-30(20)24(33)17-13-26-29(2)14-17/h5-8,13-14,20H,3-4,9-12H2,1-2H3/t20-/m0/s1. The fourth-order valence-corrected chi connectivity index (χ4v) is 4.64. The van der Waals surface area contributed by atoms with Crippen molar-refractivity contribution in [2.45, 2.75) is 38.6 Å². The minimum atomic E-state index is -0.281. The van der Waals surface area contributed by atoms with Crippen LogP contribution in [0.5, 0.6) is 0 Å². The molecule has 0 radical (unpaired) electrons. The summed E-state index contributed by atoms with van der Waals surface area (Å²) in [5, 5.41) is 4.11. The second-order valence-electron chi connectivity index (χ2n) is 8.63. The molecule has 33 heavy (non-hydrogen) atoms. The van der Waals surface area contributed by atoms with Crippen molar-refractivity contribution in [1.82, 2.24) is 24.6 Å². The van der Waals surface area contributed by atoms with E-state index in [9.17, 15) is 14.0 Å². The van der Waals surface area contributed by atoms with E-state index in [1.807, 2.05) is 6.92 Å². The van der Waals surface area contributed by atoms with E-state index in [0.717, 1.165) is 29.7 Å². The summed E-state index contributed by atoms with van der Waals surface area (Å²) in [4.78, 5) is 38.9. The van der Waals surface area contributed by atoms with Crippen molar-refractivity contribution in [3.8, 4) is 0 Å². The molecule has 2 aliphatic heterocycles. The Kier molecular flexibility index (Phi) is 5.39. The number of amides is 2. The Hall–Kier alpha value is -3.62. The van der Waals surface area contributed by atoms with Crippen LogP contribution in [0.2, 0.25) is 0 Å². The van der Waals surface area contributed by atoms with Gasteiger partial charge in [0.15, 0.2) is 5.82 Å². The number of carbonyl (C=O) groups excluding carboxylic acids is 2. The van der Waals surface area contributed by atoms with Crippen molar-refractivity contribution in [2.75, 3.05) is 18.0 Å². The van der Waals surface area contributed by atoms with Gasteiger partial charge in [0, 0.05) is 37.6 Å². The van der Waals surface area contributed by atoms with E-state index in [0.29, 0.717) is 36.7 Å². The summed E-state index contributed by atoms with van der Waals surface area (Å²) >= 11 is 0. The van der Waals surface area contributed by atoms with Crippen LogP contribution in [0.3, 0.4) is 0 Å². The van der Waals surface area contributed by atoms with Gasteiger partial charge in [-0.15, -0.1) is 0 Å². The Morgan fingerprint density at radius 1 is 1.21 bits per heavy atom. The molecule has 0 N–H and O–H groups in total. The summed E-state index contributed by atoms with van der Waals surface area (Å²) < 4.78 is 14.8. The number of aromatic nitrogens is 4. The van der Waals surface area contributed by atoms with E-state index in [4.69, 9.17) is 9.97 Å². The molecule has 0 unspecified atom stereocenters. The van der Waals surface area contributed by atoms with Gasteiger partial charge in [-0.3, -0.25) is 19.2 Å². The van der Waals surface area contributed by atoms with E-state index in [1.54, 1.807) is 46.1 Å². The fourth-order valence-electron chi connectivity index (χ4n) is 4.64. The first kappa shape index (κ1) is 21.2. The zero-order chi connectivity index (χ0) is 23.1. The molecule has 1 fully saturated rings. The molecular weight excluding hydrogens is 423 g/mol. The minimum Gasteiger partial charge on any atom is -0.328 e. The van der Waals surface area contributed by atoms with E-state index >= 15 is 0 Å². The SMILES string of the molecule is Cc1nc([C@@H]2CCCN2C(=O)c2cnn(C)c2)nc2c1CC(=O)N2CCc1ccc(F)cc1. The van der Waals surface area contributed by atoms with Crippen LogP contribution in [0.25, 0.3) is 0 Å². The number of nitrogens with zero attached hydrogens (tertiary/aromatic N) is 6. The predicted octanol–water partition coefficient (Wildman–Crippen LogP) is 2.77. The molecule has 0 spiro atoms. The highest BCUT2D eigenvalue weighted by atomic mass is 19.1. The second kappa shape index (κ2) is 8.38. The van der Waals surface area contributed by atoms with Crippen LogP contribution >= 0.6 is 0 Å². The number of rotatable bonds is 5. The quantitative estimate of drug-likeness (QED) is 0.599. The molecule has 0 saturated carbocycles. The molecule has 9 heteroatoms. The third kappa shape index (κ3) is 3.99. The lowest BCUT2D eigenvalue weighted by Crippen LogP contribution is -2.32. The molecule has 5 rings (SSSR count). The topological polar surface area (TPSA) is 84.2 Å². The molecule has 2 amide bonds. The molecule has 8 nitrogen and oxygen atoms in total. The van der Waals surface area contributed by atoms with Crippen LogP contribution in [0.4, 0.5) is 10.2 Å². The number of halogens is 1. The number of anilines is 1. The molecule has 170 valence electrons. The maximum absolute atomic E-state index is 13.2. The molecule has 2 aliphatic rings. The van der Waals surface area contributed by atoms with Crippen molar-refractivity contribution in [3.63, 3.8) is 0 Å². The number of carbonyl (C=O) groups is 2. The molecule has 0 aliphatic carbocycles. The van der Waals surface area contributed by atoms with Crippen molar-refractivity contribution in [3.05, 3.63) is 70.7 Å². The minimum absolute atomic E-state index is 0.0172. The first-order valence-corrected chi connectivity index (χ1v) is 11.1. The summed E-state index contributed by atoms with van der Waals surface area (Å²) in [6, 6.07) is 6.07. The van der Waals surface area contributed by atoms with Gasteiger partial charge >= 0.3 is 0 Å². The highest BCUT2D eigenvalue weighted by molar-refractivity contribution is 6.00. The smallest absolute Gasteiger partial charge is 0.257 e. The first-order valence-electron chi connectivity index (χ1n) is 11.1. The normalized spacial score (nSPS) is 17.7. The van der Waals surface area contributed by atoms with Crippen LogP contribution in [0, 0.1) is 12.7 Å². The van der Waals surface area contributed by atoms with Gasteiger partial charge in [0.05, 0.1) is 24.2 Å². The van der Waals surface area contributed by atoms with Gasteiger partial charge in [-0.2, -0.15) is 5.10 Å². The Morgan fingerprint density at radius 2 is 2.00 bits per heavy atom. The van der Waals surface area contributed by atoms with E-state index in [2.05, 4.69) is 5.10 Å². The predicted molar refractivity (Wildman–Crippen MR) is 119 cm³/mol. The monoisotopic (exact) mass is 448 g/mol. The Morgan fingerprint density at radius 3 is 2.73 bits per heavy atom. The average Bonchev–Trinajstić information content (AvgIpc) is 3.52. The Bertz CT molecular complexity index is 1220. The third-order valence-electron chi connectivity index (χ3n) is 6.39. The number of fused-ring (bicyclic) bond motifs is 1. The maximum atomic E-state index is 13.2. The van der Waals surface area contributed by atoms with Crippen LogP contribution in [0.1, 0.15) is 51.9 Å². The van der Waals surface area contributed by atoms with E-state index in [-0.39, 0.29) is 30.1 Å². The highest BCUT2D eigenvalue weighted by Crippen LogP contribution is 2.35. The molecule has 0 bridgehead atoms. The molecule has 2 aromatic heterocycles. The van der Waals surface area contributed by atoms with Crippen LogP contribution in [-0.2, 0) is 24.7 Å². The summed E-state index contributed by atoms with van der Waals surface area (Å²) in [7, 11) is 1.78. The first-order chi connectivity index (χ1) is 15.9. The largest absolute Gasteiger partial charge is 0.328 e. The number of aryl methyl sites for hydroxylation is 2. The lowest BCUT2D eigenvalue weighted by molar-refractivity contribution is -0.117. The van der Waals surface area contributed by atoms with Gasteiger partial charge in [0.2, 0.25) is 5.91 Å². The lowest BCUT2D eigenvalue weighted by atomic mass is 10.1. The van der Waals surface area contributed by atoms with Crippen molar-refractivity contribution in [1.29, 1.82) is 0 Å². The summed E-state index contributed by atoms with van der Waals surface area (Å²) in [6.45, 7) is 2.98. The third-order valence-corrected chi connectivity index (χ3v) is 6.39. The molecular formula is C24H25FN6O2. The zero-order valence-corrected chi connectivity index (χ0v) is 18.7. The fraction of sp³-hybridized carbons (Fsp3) is 0.375. The van der Waals surface area contributed by atoms with Gasteiger partial charge in [-0.05, 0) is 43.9 Å². The van der Waals surface area contributed by atoms with Crippen LogP contribution in [0.15, 0.2) is 36.7 Å². The lowest BCUT2D eigenvalue weighted by Gasteiger charge is -2.24. The van der Waals surface area contributed by atoms with Crippen molar-refractivity contribution >= 4 is 17.6 Å². The molecule has 1 saturated heterocycles. The number of hydrogen-bond donors (Lipinski definition) is 0. The van der Waals surface area contributed by atoms with Crippen LogP contribution < -0.4 is 4.90 Å². The number of likely N-dealkylation sites (tertiary alicyclic amines) is 1.